The summed E-state index contributed by atoms with van der Waals surface area (Å²) in [6, 6.07) is 0.753. The normalized spacial score (nSPS) is 22.6. The second-order valence-electron chi connectivity index (χ2n) is 4.81. The van der Waals surface area contributed by atoms with E-state index in [-0.39, 0.29) is 6.10 Å². The van der Waals surface area contributed by atoms with Crippen LogP contribution in [0.15, 0.2) is 0 Å². The van der Waals surface area contributed by atoms with Crippen molar-refractivity contribution in [2.45, 2.75) is 44.2 Å². The van der Waals surface area contributed by atoms with Gasteiger partial charge in [-0.25, -0.2) is 0 Å². The second-order valence-corrected chi connectivity index (χ2v) is 4.81. The van der Waals surface area contributed by atoms with Crippen LogP contribution in [0.1, 0.15) is 32.1 Å². The SMILES string of the molecule is COCC(CNCCCC1CCCCN1)OC. The molecule has 0 spiro atoms. The van der Waals surface area contributed by atoms with Gasteiger partial charge in [0.15, 0.2) is 0 Å². The maximum absolute atomic E-state index is 5.29. The molecule has 0 aliphatic carbocycles. The first kappa shape index (κ1) is 14.9. The average molecular weight is 244 g/mol. The molecule has 4 nitrogen and oxygen atoms in total. The summed E-state index contributed by atoms with van der Waals surface area (Å²) in [5.41, 5.74) is 0. The van der Waals surface area contributed by atoms with Gasteiger partial charge in [-0.05, 0) is 38.8 Å². The molecule has 1 aliphatic heterocycles. The third-order valence-electron chi connectivity index (χ3n) is 3.38. The van der Waals surface area contributed by atoms with Crippen LogP contribution < -0.4 is 10.6 Å². The zero-order valence-electron chi connectivity index (χ0n) is 11.3. The Labute approximate surface area is 105 Å². The lowest BCUT2D eigenvalue weighted by Gasteiger charge is -2.23. The lowest BCUT2D eigenvalue weighted by molar-refractivity contribution is 0.0290. The lowest BCUT2D eigenvalue weighted by Crippen LogP contribution is -2.35. The summed E-state index contributed by atoms with van der Waals surface area (Å²) >= 11 is 0. The first-order valence-electron chi connectivity index (χ1n) is 6.82. The molecular formula is C13H28N2O2. The Hall–Kier alpha value is -0.160. The van der Waals surface area contributed by atoms with Crippen LogP contribution in [0.25, 0.3) is 0 Å². The number of nitrogens with one attached hydrogen (secondary N) is 2. The fraction of sp³-hybridized carbons (Fsp3) is 1.00. The van der Waals surface area contributed by atoms with Crippen LogP contribution >= 0.6 is 0 Å². The van der Waals surface area contributed by atoms with Gasteiger partial charge in [0.05, 0.1) is 12.7 Å². The molecule has 0 aromatic carbocycles. The highest BCUT2D eigenvalue weighted by Gasteiger charge is 2.11. The summed E-state index contributed by atoms with van der Waals surface area (Å²) in [7, 11) is 3.44. The van der Waals surface area contributed by atoms with Gasteiger partial charge in [-0.1, -0.05) is 6.42 Å². The minimum Gasteiger partial charge on any atom is -0.382 e. The van der Waals surface area contributed by atoms with Crippen molar-refractivity contribution in [3.05, 3.63) is 0 Å². The number of methoxy groups -OCH3 is 2. The third-order valence-corrected chi connectivity index (χ3v) is 3.38. The highest BCUT2D eigenvalue weighted by Crippen LogP contribution is 2.11. The molecule has 1 fully saturated rings. The van der Waals surface area contributed by atoms with Crippen LogP contribution in [0.5, 0.6) is 0 Å². The third kappa shape index (κ3) is 6.99. The predicted octanol–water partition coefficient (Wildman–Crippen LogP) is 1.16. The van der Waals surface area contributed by atoms with Gasteiger partial charge in [0.2, 0.25) is 0 Å². The van der Waals surface area contributed by atoms with Gasteiger partial charge >= 0.3 is 0 Å². The van der Waals surface area contributed by atoms with E-state index < -0.39 is 0 Å². The van der Waals surface area contributed by atoms with Gasteiger partial charge in [-0.3, -0.25) is 0 Å². The van der Waals surface area contributed by atoms with Gasteiger partial charge in [0, 0.05) is 26.8 Å². The van der Waals surface area contributed by atoms with Gasteiger partial charge in [0.25, 0.3) is 0 Å². The molecule has 1 heterocycles. The molecule has 0 radical (unpaired) electrons. The highest BCUT2D eigenvalue weighted by molar-refractivity contribution is 4.72. The Bertz CT molecular complexity index is 166. The Morgan fingerprint density at radius 1 is 1.35 bits per heavy atom. The standard InChI is InChI=1S/C13H28N2O2/c1-16-11-13(17-2)10-14-8-5-7-12-6-3-4-9-15-12/h12-15H,3-11H2,1-2H3. The van der Waals surface area contributed by atoms with Crippen molar-refractivity contribution < 1.29 is 9.47 Å². The van der Waals surface area contributed by atoms with Crippen molar-refractivity contribution in [1.29, 1.82) is 0 Å². The van der Waals surface area contributed by atoms with Crippen molar-refractivity contribution in [3.8, 4) is 0 Å². The molecule has 1 rings (SSSR count). The number of piperidine rings is 1. The van der Waals surface area contributed by atoms with Crippen LogP contribution in [-0.2, 0) is 9.47 Å². The number of rotatable bonds is 9. The molecule has 4 heteroatoms. The summed E-state index contributed by atoms with van der Waals surface area (Å²) in [6.45, 7) is 3.82. The van der Waals surface area contributed by atoms with Crippen LogP contribution in [0.2, 0.25) is 0 Å². The fourth-order valence-corrected chi connectivity index (χ4v) is 2.30. The summed E-state index contributed by atoms with van der Waals surface area (Å²) in [5, 5.41) is 7.01. The van der Waals surface area contributed by atoms with E-state index in [1.165, 1.54) is 38.6 Å². The van der Waals surface area contributed by atoms with Crippen molar-refractivity contribution >= 4 is 0 Å². The summed E-state index contributed by atoms with van der Waals surface area (Å²) in [4.78, 5) is 0. The smallest absolute Gasteiger partial charge is 0.0928 e. The van der Waals surface area contributed by atoms with Crippen molar-refractivity contribution in [2.24, 2.45) is 0 Å². The molecule has 17 heavy (non-hydrogen) atoms. The maximum atomic E-state index is 5.29. The Morgan fingerprint density at radius 3 is 2.88 bits per heavy atom. The Kier molecular flexibility index (Phi) is 8.61. The number of hydrogen-bond acceptors (Lipinski definition) is 4. The quantitative estimate of drug-likeness (QED) is 0.597. The molecule has 0 aromatic heterocycles. The van der Waals surface area contributed by atoms with Crippen molar-refractivity contribution in [2.75, 3.05) is 40.5 Å². The molecule has 0 bridgehead atoms. The minimum atomic E-state index is 0.174. The fourth-order valence-electron chi connectivity index (χ4n) is 2.30. The molecule has 2 N–H and O–H groups in total. The molecule has 0 amide bonds. The van der Waals surface area contributed by atoms with E-state index in [0.29, 0.717) is 6.61 Å². The average Bonchev–Trinajstić information content (AvgIpc) is 2.38. The number of ether oxygens (including phenoxy) is 2. The first-order valence-corrected chi connectivity index (χ1v) is 6.82. The van der Waals surface area contributed by atoms with Crippen LogP contribution in [0, 0.1) is 0 Å². The predicted molar refractivity (Wildman–Crippen MR) is 70.4 cm³/mol. The molecule has 0 aromatic rings. The van der Waals surface area contributed by atoms with E-state index in [9.17, 15) is 0 Å². The monoisotopic (exact) mass is 244 g/mol. The molecule has 0 saturated carbocycles. The van der Waals surface area contributed by atoms with E-state index in [2.05, 4.69) is 10.6 Å². The van der Waals surface area contributed by atoms with Crippen LogP contribution in [0.3, 0.4) is 0 Å². The summed E-state index contributed by atoms with van der Waals surface area (Å²) in [6.07, 6.45) is 6.79. The lowest BCUT2D eigenvalue weighted by atomic mass is 10.0. The molecular weight excluding hydrogens is 216 g/mol. The van der Waals surface area contributed by atoms with E-state index in [4.69, 9.17) is 9.47 Å². The van der Waals surface area contributed by atoms with E-state index in [0.717, 1.165) is 19.1 Å². The summed E-state index contributed by atoms with van der Waals surface area (Å²) in [5.74, 6) is 0. The van der Waals surface area contributed by atoms with Gasteiger partial charge in [-0.15, -0.1) is 0 Å². The molecule has 102 valence electrons. The van der Waals surface area contributed by atoms with Crippen LogP contribution in [0.4, 0.5) is 0 Å². The first-order chi connectivity index (χ1) is 8.36. The molecule has 1 saturated heterocycles. The number of hydrogen-bond donors (Lipinski definition) is 2. The molecule has 2 atom stereocenters. The maximum Gasteiger partial charge on any atom is 0.0928 e. The van der Waals surface area contributed by atoms with Gasteiger partial charge < -0.3 is 20.1 Å². The molecule has 1 aliphatic rings. The zero-order chi connectivity index (χ0) is 12.3. The Morgan fingerprint density at radius 2 is 2.24 bits per heavy atom. The largest absolute Gasteiger partial charge is 0.382 e. The topological polar surface area (TPSA) is 42.5 Å². The molecule has 2 unspecified atom stereocenters. The second kappa shape index (κ2) is 9.83. The van der Waals surface area contributed by atoms with Crippen LogP contribution in [-0.4, -0.2) is 52.6 Å². The van der Waals surface area contributed by atoms with Gasteiger partial charge in [-0.2, -0.15) is 0 Å². The highest BCUT2D eigenvalue weighted by atomic mass is 16.5. The van der Waals surface area contributed by atoms with Gasteiger partial charge in [0.1, 0.15) is 0 Å². The zero-order valence-corrected chi connectivity index (χ0v) is 11.3. The Balaban J connectivity index is 1.92. The van der Waals surface area contributed by atoms with Crippen molar-refractivity contribution in [1.82, 2.24) is 10.6 Å². The minimum absolute atomic E-state index is 0.174. The van der Waals surface area contributed by atoms with E-state index >= 15 is 0 Å². The van der Waals surface area contributed by atoms with Crippen molar-refractivity contribution in [3.63, 3.8) is 0 Å². The van der Waals surface area contributed by atoms with E-state index in [1.807, 2.05) is 0 Å². The summed E-state index contributed by atoms with van der Waals surface area (Å²) < 4.78 is 10.4. The van der Waals surface area contributed by atoms with E-state index in [1.54, 1.807) is 14.2 Å².